The van der Waals surface area contributed by atoms with Crippen LogP contribution in [0.4, 0.5) is 0 Å². The minimum absolute atomic E-state index is 0.469. The topological polar surface area (TPSA) is 52.1 Å². The number of pyridine rings is 1. The standard InChI is InChI=1S/C30H36Cl2N4O2/c1-21-17-35(14-13-34(21)3)20-29(2,37)24-7-12-28-22(15-24)18-36(19-27-11-10-26(32)16-33-27)30(28,38-4)23-5-8-25(31)9-6-23/h5-12,15-16,21,37H,13-14,17-20H2,1-4H3/t21-,29?,30-/m1/s1. The number of nitrogens with zero attached hydrogens (tertiary/aromatic N) is 4. The monoisotopic (exact) mass is 554 g/mol. The van der Waals surface area contributed by atoms with E-state index in [-0.39, 0.29) is 0 Å². The van der Waals surface area contributed by atoms with E-state index < -0.39 is 11.3 Å². The fourth-order valence-corrected chi connectivity index (χ4v) is 6.14. The van der Waals surface area contributed by atoms with E-state index in [4.69, 9.17) is 27.9 Å². The Labute approximate surface area is 235 Å². The summed E-state index contributed by atoms with van der Waals surface area (Å²) in [6.07, 6.45) is 1.67. The largest absolute Gasteiger partial charge is 0.384 e. The van der Waals surface area contributed by atoms with E-state index in [9.17, 15) is 5.11 Å². The number of halogens is 2. The van der Waals surface area contributed by atoms with Crippen LogP contribution >= 0.6 is 23.2 Å². The van der Waals surface area contributed by atoms with Gasteiger partial charge >= 0.3 is 0 Å². The molecule has 3 aromatic rings. The zero-order valence-electron chi connectivity index (χ0n) is 22.5. The van der Waals surface area contributed by atoms with E-state index in [1.807, 2.05) is 49.4 Å². The van der Waals surface area contributed by atoms with Gasteiger partial charge in [-0.05, 0) is 56.3 Å². The Morgan fingerprint density at radius 2 is 1.82 bits per heavy atom. The SMILES string of the molecule is CO[C@]1(c2ccc(Cl)cc2)c2ccc(C(C)(O)CN3CCN(C)[C@H](C)C3)cc2CN1Cc1ccc(Cl)cn1. The first kappa shape index (κ1) is 27.5. The molecule has 1 N–H and O–H groups in total. The average molecular weight is 556 g/mol. The lowest BCUT2D eigenvalue weighted by atomic mass is 9.88. The van der Waals surface area contributed by atoms with Gasteiger partial charge in [0.1, 0.15) is 0 Å². The van der Waals surface area contributed by atoms with Gasteiger partial charge in [-0.3, -0.25) is 14.8 Å². The molecule has 1 saturated heterocycles. The normalized spacial score (nSPS) is 24.3. The van der Waals surface area contributed by atoms with Crippen LogP contribution in [0, 0.1) is 0 Å². The molecule has 0 saturated carbocycles. The molecule has 2 aromatic carbocycles. The lowest BCUT2D eigenvalue weighted by molar-refractivity contribution is -0.107. The summed E-state index contributed by atoms with van der Waals surface area (Å²) in [6, 6.07) is 18.4. The van der Waals surface area contributed by atoms with E-state index in [1.165, 1.54) is 0 Å². The second kappa shape index (κ2) is 10.9. The van der Waals surface area contributed by atoms with Gasteiger partial charge in [0.25, 0.3) is 0 Å². The maximum Gasteiger partial charge on any atom is 0.174 e. The van der Waals surface area contributed by atoms with Gasteiger partial charge in [-0.1, -0.05) is 53.5 Å². The highest BCUT2D eigenvalue weighted by molar-refractivity contribution is 6.30. The number of fused-ring (bicyclic) bond motifs is 1. The fourth-order valence-electron chi connectivity index (χ4n) is 5.91. The molecule has 5 rings (SSSR count). The molecule has 38 heavy (non-hydrogen) atoms. The molecular formula is C30H36Cl2N4O2. The Balaban J connectivity index is 1.50. The number of aromatic nitrogens is 1. The van der Waals surface area contributed by atoms with Gasteiger partial charge in [-0.25, -0.2) is 0 Å². The number of benzene rings is 2. The summed E-state index contributed by atoms with van der Waals surface area (Å²) < 4.78 is 6.38. The molecule has 0 amide bonds. The summed E-state index contributed by atoms with van der Waals surface area (Å²) in [7, 11) is 3.90. The second-order valence-corrected chi connectivity index (χ2v) is 11.8. The van der Waals surface area contributed by atoms with Gasteiger partial charge in [0.2, 0.25) is 0 Å². The highest BCUT2D eigenvalue weighted by atomic mass is 35.5. The van der Waals surface area contributed by atoms with Gasteiger partial charge in [0.15, 0.2) is 5.72 Å². The first-order chi connectivity index (χ1) is 18.1. The van der Waals surface area contributed by atoms with Crippen molar-refractivity contribution in [2.75, 3.05) is 40.3 Å². The van der Waals surface area contributed by atoms with Crippen LogP contribution < -0.4 is 0 Å². The molecule has 8 heteroatoms. The van der Waals surface area contributed by atoms with Gasteiger partial charge in [-0.15, -0.1) is 0 Å². The quantitative estimate of drug-likeness (QED) is 0.438. The molecule has 2 aliphatic heterocycles. The minimum Gasteiger partial charge on any atom is -0.384 e. The lowest BCUT2D eigenvalue weighted by Crippen LogP contribution is -2.53. The van der Waals surface area contributed by atoms with E-state index in [1.54, 1.807) is 13.3 Å². The number of piperazine rings is 1. The zero-order valence-corrected chi connectivity index (χ0v) is 24.0. The third kappa shape index (κ3) is 5.24. The molecule has 6 nitrogen and oxygen atoms in total. The Kier molecular flexibility index (Phi) is 7.87. The second-order valence-electron chi connectivity index (χ2n) is 10.9. The number of likely N-dealkylation sites (N-methyl/N-ethyl adjacent to an activating group) is 1. The van der Waals surface area contributed by atoms with Crippen molar-refractivity contribution < 1.29 is 9.84 Å². The van der Waals surface area contributed by atoms with Crippen molar-refractivity contribution in [2.45, 2.75) is 44.3 Å². The minimum atomic E-state index is -0.980. The molecule has 0 aliphatic carbocycles. The summed E-state index contributed by atoms with van der Waals surface area (Å²) in [5, 5.41) is 12.9. The third-order valence-corrected chi connectivity index (χ3v) is 8.62. The van der Waals surface area contributed by atoms with Crippen LogP contribution in [0.15, 0.2) is 60.8 Å². The highest BCUT2D eigenvalue weighted by Gasteiger charge is 2.48. The first-order valence-corrected chi connectivity index (χ1v) is 13.8. The van der Waals surface area contributed by atoms with E-state index in [2.05, 4.69) is 45.8 Å². The number of hydrogen-bond donors (Lipinski definition) is 1. The molecule has 0 radical (unpaired) electrons. The van der Waals surface area contributed by atoms with E-state index in [0.29, 0.717) is 35.7 Å². The summed E-state index contributed by atoms with van der Waals surface area (Å²) in [5.41, 5.74) is 3.18. The molecular weight excluding hydrogens is 519 g/mol. The van der Waals surface area contributed by atoms with Gasteiger partial charge in [0, 0.05) is 74.8 Å². The molecule has 1 fully saturated rings. The molecule has 0 spiro atoms. The molecule has 2 aliphatic rings. The average Bonchev–Trinajstić information content (AvgIpc) is 3.21. The van der Waals surface area contributed by atoms with Crippen molar-refractivity contribution in [1.29, 1.82) is 0 Å². The van der Waals surface area contributed by atoms with Gasteiger partial charge in [-0.2, -0.15) is 0 Å². The number of aliphatic hydroxyl groups is 1. The van der Waals surface area contributed by atoms with Crippen LogP contribution in [0.2, 0.25) is 10.0 Å². The maximum atomic E-state index is 11.6. The molecule has 3 atom stereocenters. The number of β-amino-alcohol motifs (C(OH)–C–C–N with tert-alkyl or cyclic N) is 1. The molecule has 0 bridgehead atoms. The summed E-state index contributed by atoms with van der Waals surface area (Å²) >= 11 is 12.3. The van der Waals surface area contributed by atoms with Gasteiger partial charge in [0.05, 0.1) is 16.3 Å². The Morgan fingerprint density at radius 3 is 2.47 bits per heavy atom. The summed E-state index contributed by atoms with van der Waals surface area (Å²) in [5.74, 6) is 0. The van der Waals surface area contributed by atoms with Crippen LogP contribution in [-0.2, 0) is 29.2 Å². The highest BCUT2D eigenvalue weighted by Crippen LogP contribution is 2.46. The number of methoxy groups -OCH3 is 1. The maximum absolute atomic E-state index is 11.6. The number of rotatable bonds is 7. The van der Waals surface area contributed by atoms with Crippen LogP contribution in [0.1, 0.15) is 41.8 Å². The van der Waals surface area contributed by atoms with Crippen LogP contribution in [0.25, 0.3) is 0 Å². The first-order valence-electron chi connectivity index (χ1n) is 13.1. The van der Waals surface area contributed by atoms with Crippen molar-refractivity contribution in [1.82, 2.24) is 19.7 Å². The van der Waals surface area contributed by atoms with Crippen molar-refractivity contribution in [3.8, 4) is 0 Å². The molecule has 202 valence electrons. The Hall–Kier alpha value is -2.03. The lowest BCUT2D eigenvalue weighted by Gasteiger charge is -2.41. The van der Waals surface area contributed by atoms with Crippen molar-refractivity contribution in [2.24, 2.45) is 0 Å². The van der Waals surface area contributed by atoms with Crippen LogP contribution in [0.5, 0.6) is 0 Å². The number of hydrogen-bond acceptors (Lipinski definition) is 6. The Bertz CT molecular complexity index is 1270. The third-order valence-electron chi connectivity index (χ3n) is 8.15. The van der Waals surface area contributed by atoms with Crippen molar-refractivity contribution in [3.63, 3.8) is 0 Å². The molecule has 1 unspecified atom stereocenters. The van der Waals surface area contributed by atoms with E-state index >= 15 is 0 Å². The van der Waals surface area contributed by atoms with Crippen LogP contribution in [-0.4, -0.2) is 71.2 Å². The predicted octanol–water partition coefficient (Wildman–Crippen LogP) is 5.10. The summed E-state index contributed by atoms with van der Waals surface area (Å²) in [6.45, 7) is 8.86. The van der Waals surface area contributed by atoms with Gasteiger partial charge < -0.3 is 14.7 Å². The fraction of sp³-hybridized carbons (Fsp3) is 0.433. The molecule has 3 heterocycles. The molecule has 1 aromatic heterocycles. The van der Waals surface area contributed by atoms with Crippen molar-refractivity contribution in [3.05, 3.63) is 98.8 Å². The van der Waals surface area contributed by atoms with E-state index in [0.717, 1.165) is 47.6 Å². The smallest absolute Gasteiger partial charge is 0.174 e. The predicted molar refractivity (Wildman–Crippen MR) is 152 cm³/mol. The summed E-state index contributed by atoms with van der Waals surface area (Å²) in [4.78, 5) is 11.6. The zero-order chi connectivity index (χ0) is 27.1. The Morgan fingerprint density at radius 1 is 1.08 bits per heavy atom. The van der Waals surface area contributed by atoms with Crippen LogP contribution in [0.3, 0.4) is 0 Å². The van der Waals surface area contributed by atoms with Crippen molar-refractivity contribution >= 4 is 23.2 Å². The number of ether oxygens (including phenoxy) is 1.